The Kier molecular flexibility index (Phi) is 4.57. The van der Waals surface area contributed by atoms with Gasteiger partial charge in [-0.05, 0) is 18.6 Å². The Morgan fingerprint density at radius 3 is 2.46 bits per heavy atom. The van der Waals surface area contributed by atoms with Crippen LogP contribution in [0, 0.1) is 6.07 Å². The van der Waals surface area contributed by atoms with Gasteiger partial charge in [0, 0.05) is 11.6 Å². The molecule has 1 radical (unpaired) electrons. The molecule has 0 aliphatic heterocycles. The fourth-order valence-corrected chi connectivity index (χ4v) is 3.72. The molecule has 2 aromatic carbocycles. The minimum Gasteiger partial charge on any atom is -0.329 e. The molecule has 0 amide bonds. The summed E-state index contributed by atoms with van der Waals surface area (Å²) in [7, 11) is -3.81. The van der Waals surface area contributed by atoms with Crippen molar-refractivity contribution in [3.8, 4) is 11.4 Å². The lowest BCUT2D eigenvalue weighted by atomic mass is 10.2. The first-order chi connectivity index (χ1) is 12.2. The van der Waals surface area contributed by atoms with Crippen molar-refractivity contribution < 1.29 is 26.1 Å². The van der Waals surface area contributed by atoms with Crippen LogP contribution in [0.5, 0.6) is 0 Å². The van der Waals surface area contributed by atoms with E-state index in [0.717, 1.165) is 0 Å². The predicted molar refractivity (Wildman–Crippen MR) is 85.6 cm³/mol. The van der Waals surface area contributed by atoms with Crippen LogP contribution >= 0.6 is 0 Å². The van der Waals surface area contributed by atoms with Crippen LogP contribution in [0.3, 0.4) is 0 Å². The third-order valence-electron chi connectivity index (χ3n) is 3.74. The molecule has 0 aliphatic rings. The molecule has 1 unspecified atom stereocenters. The van der Waals surface area contributed by atoms with Gasteiger partial charge in [0.05, 0.1) is 10.1 Å². The van der Waals surface area contributed by atoms with Crippen molar-refractivity contribution in [2.75, 3.05) is 0 Å². The zero-order valence-corrected chi connectivity index (χ0v) is 14.2. The fraction of sp³-hybridized carbons (Fsp3) is 0.176. The quantitative estimate of drug-likeness (QED) is 0.681. The third-order valence-corrected chi connectivity index (χ3v) is 5.79. The molecule has 0 saturated heterocycles. The first kappa shape index (κ1) is 18.1. The summed E-state index contributed by atoms with van der Waals surface area (Å²) in [5.41, 5.74) is 0.673. The lowest BCUT2D eigenvalue weighted by Crippen LogP contribution is -2.11. The fourth-order valence-electron chi connectivity index (χ4n) is 2.30. The van der Waals surface area contributed by atoms with E-state index in [2.05, 4.69) is 20.7 Å². The van der Waals surface area contributed by atoms with E-state index < -0.39 is 27.2 Å². The van der Waals surface area contributed by atoms with Gasteiger partial charge in [-0.2, -0.15) is 18.2 Å². The highest BCUT2D eigenvalue weighted by atomic mass is 32.2. The van der Waals surface area contributed by atoms with Crippen molar-refractivity contribution in [1.29, 1.82) is 0 Å². The zero-order valence-electron chi connectivity index (χ0n) is 13.4. The molecule has 1 atom stereocenters. The van der Waals surface area contributed by atoms with E-state index in [0.29, 0.717) is 5.56 Å². The zero-order chi connectivity index (χ0) is 18.9. The van der Waals surface area contributed by atoms with Crippen LogP contribution in [-0.2, 0) is 16.0 Å². The SMILES string of the molecule is CC(c1ccccc1)S(=O)(=O)c1[c]ccc(-c2noc(C(F)(F)F)n2)c1. The summed E-state index contributed by atoms with van der Waals surface area (Å²) in [5.74, 6) is -1.85. The van der Waals surface area contributed by atoms with Crippen molar-refractivity contribution >= 4 is 9.84 Å². The van der Waals surface area contributed by atoms with Gasteiger partial charge in [-0.1, -0.05) is 47.6 Å². The van der Waals surface area contributed by atoms with Crippen LogP contribution in [0.2, 0.25) is 0 Å². The number of halogens is 3. The summed E-state index contributed by atoms with van der Waals surface area (Å²) in [6.45, 7) is 1.53. The van der Waals surface area contributed by atoms with Gasteiger partial charge < -0.3 is 4.52 Å². The summed E-state index contributed by atoms with van der Waals surface area (Å²) < 4.78 is 67.5. The second-order valence-corrected chi connectivity index (χ2v) is 7.70. The summed E-state index contributed by atoms with van der Waals surface area (Å²) in [6.07, 6.45) is -4.77. The maximum Gasteiger partial charge on any atom is 0.471 e. The number of hydrogen-bond donors (Lipinski definition) is 0. The minimum atomic E-state index is -4.77. The number of sulfone groups is 1. The van der Waals surface area contributed by atoms with Gasteiger partial charge in [0.15, 0.2) is 9.84 Å². The van der Waals surface area contributed by atoms with Crippen LogP contribution in [-0.4, -0.2) is 18.6 Å². The molecule has 3 rings (SSSR count). The summed E-state index contributed by atoms with van der Waals surface area (Å²) in [5, 5.41) is 2.41. The molecule has 0 bridgehead atoms. The number of rotatable bonds is 4. The molecule has 3 aromatic rings. The summed E-state index contributed by atoms with van der Waals surface area (Å²) in [4.78, 5) is 3.10. The van der Waals surface area contributed by atoms with Crippen molar-refractivity contribution in [2.45, 2.75) is 23.2 Å². The van der Waals surface area contributed by atoms with Crippen molar-refractivity contribution in [2.24, 2.45) is 0 Å². The third kappa shape index (κ3) is 3.48. The second-order valence-electron chi connectivity index (χ2n) is 5.46. The highest BCUT2D eigenvalue weighted by Crippen LogP contribution is 2.32. The smallest absolute Gasteiger partial charge is 0.329 e. The Bertz CT molecular complexity index is 1010. The highest BCUT2D eigenvalue weighted by Gasteiger charge is 2.38. The molecule has 0 spiro atoms. The molecule has 135 valence electrons. The summed E-state index contributed by atoms with van der Waals surface area (Å²) in [6, 6.07) is 15.0. The minimum absolute atomic E-state index is 0.0850. The van der Waals surface area contributed by atoms with Crippen LogP contribution in [0.25, 0.3) is 11.4 Å². The number of aromatic nitrogens is 2. The molecule has 0 aliphatic carbocycles. The average molecular weight is 381 g/mol. The van der Waals surface area contributed by atoms with Crippen molar-refractivity contribution in [3.05, 3.63) is 66.1 Å². The number of hydrogen-bond acceptors (Lipinski definition) is 5. The molecule has 5 nitrogen and oxygen atoms in total. The van der Waals surface area contributed by atoms with Crippen LogP contribution in [0.1, 0.15) is 23.6 Å². The van der Waals surface area contributed by atoms with Gasteiger partial charge in [-0.15, -0.1) is 0 Å². The maximum atomic E-state index is 12.8. The van der Waals surface area contributed by atoms with E-state index in [4.69, 9.17) is 0 Å². The first-order valence-corrected chi connectivity index (χ1v) is 8.96. The molecular weight excluding hydrogens is 369 g/mol. The van der Waals surface area contributed by atoms with Gasteiger partial charge >= 0.3 is 12.1 Å². The molecule has 1 aromatic heterocycles. The van der Waals surface area contributed by atoms with E-state index >= 15 is 0 Å². The topological polar surface area (TPSA) is 73.1 Å². The summed E-state index contributed by atoms with van der Waals surface area (Å²) >= 11 is 0. The highest BCUT2D eigenvalue weighted by molar-refractivity contribution is 7.91. The number of benzene rings is 2. The Balaban J connectivity index is 1.98. The molecule has 0 fully saturated rings. The van der Waals surface area contributed by atoms with E-state index in [-0.39, 0.29) is 16.3 Å². The second kappa shape index (κ2) is 6.56. The Morgan fingerprint density at radius 1 is 1.15 bits per heavy atom. The van der Waals surface area contributed by atoms with Crippen molar-refractivity contribution in [1.82, 2.24) is 10.1 Å². The predicted octanol–water partition coefficient (Wildman–Crippen LogP) is 4.09. The molecule has 0 N–H and O–H groups in total. The van der Waals surface area contributed by atoms with Crippen molar-refractivity contribution in [3.63, 3.8) is 0 Å². The lowest BCUT2D eigenvalue weighted by molar-refractivity contribution is -0.159. The molecule has 1 heterocycles. The number of alkyl halides is 3. The largest absolute Gasteiger partial charge is 0.471 e. The van der Waals surface area contributed by atoms with E-state index in [1.54, 1.807) is 30.3 Å². The Labute approximate surface area is 147 Å². The maximum absolute atomic E-state index is 12.8. The average Bonchev–Trinajstić information content (AvgIpc) is 3.12. The van der Waals surface area contributed by atoms with Crippen LogP contribution in [0.4, 0.5) is 13.2 Å². The van der Waals surface area contributed by atoms with Crippen LogP contribution < -0.4 is 0 Å². The van der Waals surface area contributed by atoms with Gasteiger partial charge in [0.25, 0.3) is 0 Å². The molecular formula is C17H12F3N2O3S. The van der Waals surface area contributed by atoms with Gasteiger partial charge in [-0.3, -0.25) is 0 Å². The van der Waals surface area contributed by atoms with Crippen LogP contribution in [0.15, 0.2) is 57.9 Å². The van der Waals surface area contributed by atoms with E-state index in [1.807, 2.05) is 0 Å². The van der Waals surface area contributed by atoms with E-state index in [1.165, 1.54) is 25.1 Å². The monoisotopic (exact) mass is 381 g/mol. The molecule has 26 heavy (non-hydrogen) atoms. The lowest BCUT2D eigenvalue weighted by Gasteiger charge is -2.13. The Hall–Kier alpha value is -2.68. The molecule has 9 heteroatoms. The van der Waals surface area contributed by atoms with Gasteiger partial charge in [0.2, 0.25) is 5.82 Å². The standard InChI is InChI=1S/C17H12F3N2O3S/c1-11(12-6-3-2-4-7-12)26(23,24)14-9-5-8-13(10-14)15-21-16(25-22-15)17(18,19)20/h2-8,10-11H,1H3. The molecule has 0 saturated carbocycles. The van der Waals surface area contributed by atoms with Gasteiger partial charge in [0.1, 0.15) is 0 Å². The first-order valence-electron chi connectivity index (χ1n) is 7.41. The Morgan fingerprint density at radius 2 is 1.85 bits per heavy atom. The van der Waals surface area contributed by atoms with E-state index in [9.17, 15) is 21.6 Å². The normalized spacial score (nSPS) is 13.5. The number of nitrogens with zero attached hydrogens (tertiary/aromatic N) is 2. The van der Waals surface area contributed by atoms with Gasteiger partial charge in [-0.25, -0.2) is 8.42 Å².